The lowest BCUT2D eigenvalue weighted by atomic mass is 10.0. The Labute approximate surface area is 118 Å². The number of methoxy groups -OCH3 is 1. The van der Waals surface area contributed by atoms with E-state index in [2.05, 4.69) is 10.4 Å². The summed E-state index contributed by atoms with van der Waals surface area (Å²) in [6, 6.07) is 6.50. The van der Waals surface area contributed by atoms with Crippen molar-refractivity contribution in [2.75, 3.05) is 13.7 Å². The van der Waals surface area contributed by atoms with E-state index in [1.54, 1.807) is 25.4 Å². The van der Waals surface area contributed by atoms with Crippen LogP contribution in [-0.2, 0) is 6.54 Å². The molecule has 5 heteroatoms. The lowest BCUT2D eigenvalue weighted by Crippen LogP contribution is -2.26. The Morgan fingerprint density at radius 2 is 2.10 bits per heavy atom. The fourth-order valence-corrected chi connectivity index (χ4v) is 2.35. The van der Waals surface area contributed by atoms with Gasteiger partial charge in [-0.25, -0.2) is 4.39 Å². The van der Waals surface area contributed by atoms with Crippen LogP contribution in [0.4, 0.5) is 4.39 Å². The Kier molecular flexibility index (Phi) is 4.74. The predicted molar refractivity (Wildman–Crippen MR) is 76.4 cm³/mol. The molecule has 1 N–H and O–H groups in total. The number of hydrogen-bond donors (Lipinski definition) is 1. The van der Waals surface area contributed by atoms with Crippen LogP contribution in [0.15, 0.2) is 30.5 Å². The van der Waals surface area contributed by atoms with Crippen molar-refractivity contribution >= 4 is 0 Å². The second kappa shape index (κ2) is 6.52. The summed E-state index contributed by atoms with van der Waals surface area (Å²) in [4.78, 5) is 0. The smallest absolute Gasteiger partial charge is 0.161 e. The average Bonchev–Trinajstić information content (AvgIpc) is 2.88. The van der Waals surface area contributed by atoms with Crippen LogP contribution in [0.3, 0.4) is 0 Å². The third kappa shape index (κ3) is 2.67. The molecule has 1 aromatic carbocycles. The van der Waals surface area contributed by atoms with E-state index in [0.29, 0.717) is 17.9 Å². The van der Waals surface area contributed by atoms with Crippen molar-refractivity contribution in [3.63, 3.8) is 0 Å². The van der Waals surface area contributed by atoms with Gasteiger partial charge in [-0.15, -0.1) is 0 Å². The summed E-state index contributed by atoms with van der Waals surface area (Å²) in [7, 11) is 1.60. The fourth-order valence-electron chi connectivity index (χ4n) is 2.35. The lowest BCUT2D eigenvalue weighted by molar-refractivity contribution is 0.398. The summed E-state index contributed by atoms with van der Waals surface area (Å²) < 4.78 is 21.3. The molecule has 0 aliphatic carbocycles. The van der Waals surface area contributed by atoms with Crippen molar-refractivity contribution < 1.29 is 9.13 Å². The van der Waals surface area contributed by atoms with Gasteiger partial charge in [0.2, 0.25) is 0 Å². The van der Waals surface area contributed by atoms with Gasteiger partial charge in [0, 0.05) is 12.1 Å². The van der Waals surface area contributed by atoms with E-state index in [4.69, 9.17) is 4.74 Å². The number of hydrogen-bond acceptors (Lipinski definition) is 3. The van der Waals surface area contributed by atoms with Crippen LogP contribution in [0.2, 0.25) is 0 Å². The van der Waals surface area contributed by atoms with E-state index >= 15 is 0 Å². The highest BCUT2D eigenvalue weighted by molar-refractivity contribution is 5.37. The number of rotatable bonds is 6. The van der Waals surface area contributed by atoms with Crippen LogP contribution in [0, 0.1) is 5.82 Å². The molecule has 1 aromatic heterocycles. The van der Waals surface area contributed by atoms with Gasteiger partial charge in [0.15, 0.2) is 5.75 Å². The van der Waals surface area contributed by atoms with E-state index in [1.807, 2.05) is 24.6 Å². The van der Waals surface area contributed by atoms with Gasteiger partial charge in [-0.2, -0.15) is 5.10 Å². The van der Waals surface area contributed by atoms with Crippen molar-refractivity contribution in [2.24, 2.45) is 0 Å². The van der Waals surface area contributed by atoms with Crippen molar-refractivity contribution in [1.82, 2.24) is 15.1 Å². The van der Waals surface area contributed by atoms with Crippen LogP contribution in [0.25, 0.3) is 0 Å². The predicted octanol–water partition coefficient (Wildman–Crippen LogP) is 2.75. The minimum Gasteiger partial charge on any atom is -0.493 e. The first-order valence-electron chi connectivity index (χ1n) is 6.80. The van der Waals surface area contributed by atoms with Crippen molar-refractivity contribution in [3.05, 3.63) is 47.5 Å². The summed E-state index contributed by atoms with van der Waals surface area (Å²) in [5.74, 6) is 0.436. The molecule has 0 bridgehead atoms. The number of benzene rings is 1. The molecule has 4 nitrogen and oxygen atoms in total. The number of aryl methyl sites for hydroxylation is 1. The maximum absolute atomic E-state index is 14.1. The molecule has 0 radical (unpaired) electrons. The maximum atomic E-state index is 14.1. The number of aromatic nitrogens is 2. The van der Waals surface area contributed by atoms with E-state index in [9.17, 15) is 4.39 Å². The highest BCUT2D eigenvalue weighted by Crippen LogP contribution is 2.31. The third-order valence-electron chi connectivity index (χ3n) is 3.26. The van der Waals surface area contributed by atoms with Gasteiger partial charge in [0.05, 0.1) is 19.3 Å². The van der Waals surface area contributed by atoms with Crippen molar-refractivity contribution in [2.45, 2.75) is 26.4 Å². The van der Waals surface area contributed by atoms with E-state index in [0.717, 1.165) is 12.2 Å². The molecule has 108 valence electrons. The van der Waals surface area contributed by atoms with Crippen LogP contribution >= 0.6 is 0 Å². The minimum atomic E-state index is -0.279. The lowest BCUT2D eigenvalue weighted by Gasteiger charge is -2.21. The first-order valence-corrected chi connectivity index (χ1v) is 6.80. The summed E-state index contributed by atoms with van der Waals surface area (Å²) in [5.41, 5.74) is 1.45. The summed E-state index contributed by atoms with van der Waals surface area (Å²) in [6.45, 7) is 5.42. The molecule has 0 spiro atoms. The highest BCUT2D eigenvalue weighted by atomic mass is 19.1. The minimum absolute atomic E-state index is 0.232. The monoisotopic (exact) mass is 277 g/mol. The molecule has 20 heavy (non-hydrogen) atoms. The summed E-state index contributed by atoms with van der Waals surface area (Å²) in [6.07, 6.45) is 1.67. The zero-order valence-corrected chi connectivity index (χ0v) is 12.1. The normalized spacial score (nSPS) is 12.4. The topological polar surface area (TPSA) is 39.1 Å². The van der Waals surface area contributed by atoms with Gasteiger partial charge in [-0.1, -0.05) is 25.1 Å². The molecule has 0 saturated heterocycles. The first-order chi connectivity index (χ1) is 9.72. The van der Waals surface area contributed by atoms with E-state index < -0.39 is 0 Å². The second-order valence-electron chi connectivity index (χ2n) is 4.43. The maximum Gasteiger partial charge on any atom is 0.161 e. The molecule has 0 saturated carbocycles. The number of nitrogens with zero attached hydrogens (tertiary/aromatic N) is 2. The zero-order valence-electron chi connectivity index (χ0n) is 12.1. The van der Waals surface area contributed by atoms with Gasteiger partial charge in [-0.05, 0) is 19.5 Å². The quantitative estimate of drug-likeness (QED) is 0.882. The van der Waals surface area contributed by atoms with E-state index in [1.165, 1.54) is 6.07 Å². The van der Waals surface area contributed by atoms with Crippen LogP contribution in [0.1, 0.15) is 31.1 Å². The Morgan fingerprint density at radius 1 is 1.35 bits per heavy atom. The molecule has 0 aliphatic heterocycles. The molecule has 1 unspecified atom stereocenters. The zero-order chi connectivity index (χ0) is 14.5. The second-order valence-corrected chi connectivity index (χ2v) is 4.43. The van der Waals surface area contributed by atoms with Gasteiger partial charge < -0.3 is 10.1 Å². The molecule has 2 aromatic rings. The SMILES string of the molecule is CCNC(c1ccccc1F)c1c(OC)cnn1CC. The Bertz CT molecular complexity index is 546. The third-order valence-corrected chi connectivity index (χ3v) is 3.26. The molecule has 1 atom stereocenters. The van der Waals surface area contributed by atoms with Crippen molar-refractivity contribution in [1.29, 1.82) is 0 Å². The fraction of sp³-hybridized carbons (Fsp3) is 0.400. The number of halogens is 1. The van der Waals surface area contributed by atoms with Crippen molar-refractivity contribution in [3.8, 4) is 5.75 Å². The molecular weight excluding hydrogens is 257 g/mol. The molecule has 1 heterocycles. The molecule has 0 amide bonds. The Morgan fingerprint density at radius 3 is 2.70 bits per heavy atom. The van der Waals surface area contributed by atoms with Gasteiger partial charge in [0.25, 0.3) is 0 Å². The number of nitrogens with one attached hydrogen (secondary N) is 1. The van der Waals surface area contributed by atoms with Crippen LogP contribution in [0.5, 0.6) is 5.75 Å². The van der Waals surface area contributed by atoms with Gasteiger partial charge in [0.1, 0.15) is 11.5 Å². The number of ether oxygens (including phenoxy) is 1. The van der Waals surface area contributed by atoms with Crippen LogP contribution in [-0.4, -0.2) is 23.4 Å². The standard InChI is InChI=1S/C15H20FN3O/c1-4-17-14(11-8-6-7-9-12(11)16)15-13(20-3)10-18-19(15)5-2/h6-10,14,17H,4-5H2,1-3H3. The Hall–Kier alpha value is -1.88. The van der Waals surface area contributed by atoms with Crippen LogP contribution < -0.4 is 10.1 Å². The summed E-state index contributed by atoms with van der Waals surface area (Å²) in [5, 5.41) is 7.60. The first kappa shape index (κ1) is 14.5. The average molecular weight is 277 g/mol. The molecule has 0 aliphatic rings. The molecule has 0 fully saturated rings. The molecular formula is C15H20FN3O. The molecule has 2 rings (SSSR count). The summed E-state index contributed by atoms with van der Waals surface area (Å²) >= 11 is 0. The largest absolute Gasteiger partial charge is 0.493 e. The van der Waals surface area contributed by atoms with E-state index in [-0.39, 0.29) is 11.9 Å². The van der Waals surface area contributed by atoms with Gasteiger partial charge in [-0.3, -0.25) is 4.68 Å². The Balaban J connectivity index is 2.54. The van der Waals surface area contributed by atoms with Gasteiger partial charge >= 0.3 is 0 Å². The highest BCUT2D eigenvalue weighted by Gasteiger charge is 2.24.